The molecule has 1 amide bonds. The number of non-ortho nitro benzene ring substituents is 1. The largest absolute Gasteiger partial charge is 0.379 e. The second-order valence-corrected chi connectivity index (χ2v) is 7.87. The molecule has 2 aromatic carbocycles. The van der Waals surface area contributed by atoms with Gasteiger partial charge in [-0.1, -0.05) is 30.3 Å². The van der Waals surface area contributed by atoms with Crippen molar-refractivity contribution in [2.75, 3.05) is 32.8 Å². The van der Waals surface area contributed by atoms with E-state index in [1.165, 1.54) is 12.1 Å². The minimum Gasteiger partial charge on any atom is -0.379 e. The number of nitrogens with one attached hydrogen (secondary N) is 1. The summed E-state index contributed by atoms with van der Waals surface area (Å²) in [6.45, 7) is 6.34. The third-order valence-electron chi connectivity index (χ3n) is 5.72. The van der Waals surface area contributed by atoms with Crippen LogP contribution in [0.15, 0.2) is 54.7 Å². The molecule has 0 aliphatic carbocycles. The highest BCUT2D eigenvalue weighted by atomic mass is 16.6. The molecular formula is C23H26N4O4. The number of fused-ring (bicyclic) bond motifs is 1. The van der Waals surface area contributed by atoms with Crippen LogP contribution in [0.3, 0.4) is 0 Å². The Morgan fingerprint density at radius 2 is 1.97 bits per heavy atom. The van der Waals surface area contributed by atoms with Gasteiger partial charge in [0.25, 0.3) is 11.6 Å². The molecule has 1 fully saturated rings. The smallest absolute Gasteiger partial charge is 0.270 e. The Morgan fingerprint density at radius 1 is 1.23 bits per heavy atom. The maximum absolute atomic E-state index is 13.7. The van der Waals surface area contributed by atoms with Crippen molar-refractivity contribution in [3.05, 3.63) is 76.0 Å². The number of carbonyl (C=O) groups is 1. The summed E-state index contributed by atoms with van der Waals surface area (Å²) in [5, 5.41) is 11.8. The van der Waals surface area contributed by atoms with E-state index in [1.807, 2.05) is 42.2 Å². The van der Waals surface area contributed by atoms with Crippen LogP contribution in [0.25, 0.3) is 10.9 Å². The average molecular weight is 422 g/mol. The Morgan fingerprint density at radius 3 is 2.68 bits per heavy atom. The topological polar surface area (TPSA) is 91.7 Å². The van der Waals surface area contributed by atoms with Crippen LogP contribution in [0, 0.1) is 10.1 Å². The molecule has 1 aromatic heterocycles. The first kappa shape index (κ1) is 21.0. The van der Waals surface area contributed by atoms with Crippen LogP contribution in [0.2, 0.25) is 0 Å². The third kappa shape index (κ3) is 4.76. The van der Waals surface area contributed by atoms with Crippen LogP contribution in [0.5, 0.6) is 0 Å². The summed E-state index contributed by atoms with van der Waals surface area (Å²) in [4.78, 5) is 31.7. The highest BCUT2D eigenvalue weighted by molar-refractivity contribution is 6.07. The zero-order valence-corrected chi connectivity index (χ0v) is 17.5. The minimum atomic E-state index is -0.441. The van der Waals surface area contributed by atoms with E-state index in [4.69, 9.17) is 4.74 Å². The highest BCUT2D eigenvalue weighted by Gasteiger charge is 2.27. The molecule has 8 heteroatoms. The lowest BCUT2D eigenvalue weighted by Gasteiger charge is -2.35. The summed E-state index contributed by atoms with van der Waals surface area (Å²) >= 11 is 0. The van der Waals surface area contributed by atoms with Gasteiger partial charge >= 0.3 is 0 Å². The van der Waals surface area contributed by atoms with E-state index < -0.39 is 4.92 Å². The van der Waals surface area contributed by atoms with Crippen LogP contribution in [0.1, 0.15) is 22.8 Å². The summed E-state index contributed by atoms with van der Waals surface area (Å²) in [6.07, 6.45) is 1.65. The molecule has 1 aliphatic rings. The Balaban J connectivity index is 1.65. The lowest BCUT2D eigenvalue weighted by atomic mass is 10.1. The summed E-state index contributed by atoms with van der Waals surface area (Å²) < 4.78 is 5.44. The van der Waals surface area contributed by atoms with Crippen LogP contribution >= 0.6 is 0 Å². The van der Waals surface area contributed by atoms with Gasteiger partial charge in [0.2, 0.25) is 0 Å². The number of rotatable bonds is 7. The molecule has 4 rings (SSSR count). The molecule has 1 atom stereocenters. The Hall–Kier alpha value is -3.23. The van der Waals surface area contributed by atoms with E-state index in [2.05, 4.69) is 9.88 Å². The molecule has 0 bridgehead atoms. The number of hydrogen-bond acceptors (Lipinski definition) is 5. The number of aromatic amines is 1. The predicted molar refractivity (Wildman–Crippen MR) is 118 cm³/mol. The summed E-state index contributed by atoms with van der Waals surface area (Å²) in [6, 6.07) is 14.4. The van der Waals surface area contributed by atoms with Crippen molar-refractivity contribution < 1.29 is 14.5 Å². The van der Waals surface area contributed by atoms with Gasteiger partial charge in [0.1, 0.15) is 0 Å². The average Bonchev–Trinajstić information content (AvgIpc) is 3.21. The fourth-order valence-electron chi connectivity index (χ4n) is 4.02. The summed E-state index contributed by atoms with van der Waals surface area (Å²) in [5.41, 5.74) is 2.16. The second kappa shape index (κ2) is 9.28. The molecule has 31 heavy (non-hydrogen) atoms. The van der Waals surface area contributed by atoms with Gasteiger partial charge in [-0.05, 0) is 18.6 Å². The Bertz CT molecular complexity index is 1060. The molecular weight excluding hydrogens is 396 g/mol. The number of nitro benzene ring substituents is 1. The lowest BCUT2D eigenvalue weighted by Crippen LogP contribution is -2.47. The van der Waals surface area contributed by atoms with Crippen LogP contribution in [0.4, 0.5) is 5.69 Å². The number of morpholine rings is 1. The minimum absolute atomic E-state index is 0.0304. The molecule has 1 unspecified atom stereocenters. The molecule has 0 spiro atoms. The van der Waals surface area contributed by atoms with Crippen molar-refractivity contribution in [3.8, 4) is 0 Å². The van der Waals surface area contributed by atoms with E-state index in [-0.39, 0.29) is 17.6 Å². The molecule has 2 heterocycles. The zero-order chi connectivity index (χ0) is 21.8. The number of nitro groups is 1. The second-order valence-electron chi connectivity index (χ2n) is 7.87. The molecule has 1 aliphatic heterocycles. The molecule has 162 valence electrons. The maximum Gasteiger partial charge on any atom is 0.270 e. The number of hydrogen-bond donors (Lipinski definition) is 1. The van der Waals surface area contributed by atoms with Gasteiger partial charge in [-0.3, -0.25) is 19.8 Å². The molecule has 0 saturated carbocycles. The van der Waals surface area contributed by atoms with Crippen LogP contribution < -0.4 is 0 Å². The third-order valence-corrected chi connectivity index (χ3v) is 5.72. The maximum atomic E-state index is 13.7. The van der Waals surface area contributed by atoms with Gasteiger partial charge in [-0.2, -0.15) is 0 Å². The Kier molecular flexibility index (Phi) is 6.29. The molecule has 1 N–H and O–H groups in total. The van der Waals surface area contributed by atoms with Gasteiger partial charge in [-0.25, -0.2) is 0 Å². The fraction of sp³-hybridized carbons (Fsp3) is 0.348. The van der Waals surface area contributed by atoms with Crippen molar-refractivity contribution in [2.24, 2.45) is 0 Å². The lowest BCUT2D eigenvalue weighted by molar-refractivity contribution is -0.384. The van der Waals surface area contributed by atoms with Crippen molar-refractivity contribution in [3.63, 3.8) is 0 Å². The summed E-state index contributed by atoms with van der Waals surface area (Å²) in [7, 11) is 0. The van der Waals surface area contributed by atoms with E-state index >= 15 is 0 Å². The first-order chi connectivity index (χ1) is 15.0. The van der Waals surface area contributed by atoms with Crippen molar-refractivity contribution in [2.45, 2.75) is 19.5 Å². The van der Waals surface area contributed by atoms with Gasteiger partial charge < -0.3 is 14.6 Å². The monoisotopic (exact) mass is 422 g/mol. The molecule has 1 saturated heterocycles. The van der Waals surface area contributed by atoms with Crippen LogP contribution in [-0.2, 0) is 11.3 Å². The number of H-pyrrole nitrogens is 1. The first-order valence-corrected chi connectivity index (χ1v) is 10.4. The fourth-order valence-corrected chi connectivity index (χ4v) is 4.02. The van der Waals surface area contributed by atoms with E-state index in [1.54, 1.807) is 12.3 Å². The highest BCUT2D eigenvalue weighted by Crippen LogP contribution is 2.26. The quantitative estimate of drug-likeness (QED) is 0.465. The number of benzene rings is 2. The van der Waals surface area contributed by atoms with Crippen molar-refractivity contribution >= 4 is 22.5 Å². The standard InChI is InChI=1S/C23H26N4O4/c1-17(15-25-9-11-31-12-10-25)26(16-18-5-3-2-4-6-18)23(28)21-14-24-22-8-7-19(27(29)30)13-20(21)22/h2-8,13-14,17,24H,9-12,15-16H2,1H3. The van der Waals surface area contributed by atoms with Crippen molar-refractivity contribution in [1.82, 2.24) is 14.8 Å². The van der Waals surface area contributed by atoms with Crippen LogP contribution in [-0.4, -0.2) is 64.5 Å². The van der Waals surface area contributed by atoms with Gasteiger partial charge in [-0.15, -0.1) is 0 Å². The van der Waals surface area contributed by atoms with Gasteiger partial charge in [0.05, 0.1) is 23.7 Å². The predicted octanol–water partition coefficient (Wildman–Crippen LogP) is 3.44. The molecule has 0 radical (unpaired) electrons. The van der Waals surface area contributed by atoms with E-state index in [0.29, 0.717) is 36.2 Å². The molecule has 3 aromatic rings. The van der Waals surface area contributed by atoms with Crippen molar-refractivity contribution in [1.29, 1.82) is 0 Å². The first-order valence-electron chi connectivity index (χ1n) is 10.4. The van der Waals surface area contributed by atoms with E-state index in [0.717, 1.165) is 25.2 Å². The zero-order valence-electron chi connectivity index (χ0n) is 17.5. The number of aromatic nitrogens is 1. The summed E-state index contributed by atoms with van der Waals surface area (Å²) in [5.74, 6) is -0.142. The number of carbonyl (C=O) groups excluding carboxylic acids is 1. The Labute approximate surface area is 180 Å². The number of nitrogens with zero attached hydrogens (tertiary/aromatic N) is 3. The van der Waals surface area contributed by atoms with Gasteiger partial charge in [0.15, 0.2) is 0 Å². The van der Waals surface area contributed by atoms with Gasteiger partial charge in [0, 0.05) is 61.5 Å². The normalized spacial score (nSPS) is 15.6. The molecule has 8 nitrogen and oxygen atoms in total. The SMILES string of the molecule is CC(CN1CCOCC1)N(Cc1ccccc1)C(=O)c1c[nH]c2ccc([N+](=O)[O-])cc12. The number of amides is 1. The van der Waals surface area contributed by atoms with E-state index in [9.17, 15) is 14.9 Å². The number of ether oxygens (including phenoxy) is 1.